The maximum atomic E-state index is 9.13. The maximum absolute atomic E-state index is 9.13. The first-order chi connectivity index (χ1) is 16.0. The fraction of sp³-hybridized carbons (Fsp3) is 0.200. The number of fused-ring (bicyclic) bond motifs is 3. The summed E-state index contributed by atoms with van der Waals surface area (Å²) < 4.78 is 7.44. The predicted molar refractivity (Wildman–Crippen MR) is 129 cm³/mol. The first-order valence-corrected chi connectivity index (χ1v) is 11.3. The second-order valence-corrected chi connectivity index (χ2v) is 9.09. The number of rotatable bonds is 4. The van der Waals surface area contributed by atoms with Crippen LogP contribution in [0.4, 0.5) is 5.95 Å². The van der Waals surface area contributed by atoms with Crippen LogP contribution in [0.5, 0.6) is 5.75 Å². The van der Waals surface area contributed by atoms with E-state index < -0.39 is 0 Å². The van der Waals surface area contributed by atoms with Gasteiger partial charge < -0.3 is 4.74 Å². The van der Waals surface area contributed by atoms with Gasteiger partial charge in [0.1, 0.15) is 22.3 Å². The molecule has 0 saturated heterocycles. The number of methoxy groups -OCH3 is 1. The largest absolute Gasteiger partial charge is 0.497 e. The van der Waals surface area contributed by atoms with Crippen molar-refractivity contribution in [3.63, 3.8) is 0 Å². The van der Waals surface area contributed by atoms with Crippen LogP contribution in [0.15, 0.2) is 53.6 Å². The van der Waals surface area contributed by atoms with Gasteiger partial charge in [-0.3, -0.25) is 4.57 Å². The van der Waals surface area contributed by atoms with Gasteiger partial charge in [-0.2, -0.15) is 10.4 Å². The Balaban J connectivity index is 1.71. The average Bonchev–Trinajstić information content (AvgIpc) is 3.31. The van der Waals surface area contributed by atoms with Crippen LogP contribution in [-0.2, 0) is 6.54 Å². The first-order valence-electron chi connectivity index (χ1n) is 10.5. The van der Waals surface area contributed by atoms with E-state index >= 15 is 0 Å². The summed E-state index contributed by atoms with van der Waals surface area (Å²) in [6.07, 6.45) is 0. The molecule has 0 atom stereocenters. The molecule has 2 aromatic carbocycles. The van der Waals surface area contributed by atoms with Gasteiger partial charge in [0, 0.05) is 16.0 Å². The highest BCUT2D eigenvalue weighted by Crippen LogP contribution is 2.38. The molecule has 164 valence electrons. The fourth-order valence-electron chi connectivity index (χ4n) is 3.93. The van der Waals surface area contributed by atoms with Crippen molar-refractivity contribution in [2.45, 2.75) is 27.3 Å². The van der Waals surface area contributed by atoms with Crippen LogP contribution < -0.4 is 9.75 Å². The van der Waals surface area contributed by atoms with Gasteiger partial charge in [-0.05, 0) is 68.3 Å². The molecule has 0 N–H and O–H groups in total. The molecule has 2 aromatic heterocycles. The molecular weight excluding hydrogens is 432 g/mol. The number of aryl methyl sites for hydroxylation is 2. The van der Waals surface area contributed by atoms with Crippen LogP contribution >= 0.6 is 11.3 Å². The summed E-state index contributed by atoms with van der Waals surface area (Å²) in [4.78, 5) is 1.24. The first kappa shape index (κ1) is 20.9. The Hall–Kier alpha value is -3.96. The smallest absolute Gasteiger partial charge is 0.253 e. The highest BCUT2D eigenvalue weighted by atomic mass is 32.1. The number of anilines is 1. The van der Waals surface area contributed by atoms with Crippen LogP contribution in [0.3, 0.4) is 0 Å². The minimum Gasteiger partial charge on any atom is -0.497 e. The number of thiophene rings is 1. The summed E-state index contributed by atoms with van der Waals surface area (Å²) in [6.45, 7) is 6.73. The number of aromatic nitrogens is 3. The van der Waals surface area contributed by atoms with E-state index in [1.807, 2.05) is 60.5 Å². The summed E-state index contributed by atoms with van der Waals surface area (Å²) >= 11 is 1.73. The molecule has 4 aromatic rings. The van der Waals surface area contributed by atoms with Gasteiger partial charge in [0.2, 0.25) is 0 Å². The lowest BCUT2D eigenvalue weighted by Gasteiger charge is -2.18. The van der Waals surface area contributed by atoms with Crippen molar-refractivity contribution in [3.05, 3.63) is 87.0 Å². The van der Waals surface area contributed by atoms with E-state index in [4.69, 9.17) is 15.1 Å². The molecule has 1 aliphatic heterocycles. The number of nitriles is 1. The number of nitrogens with zero attached hydrogens (tertiary/aromatic N) is 6. The number of ether oxygens (including phenoxy) is 1. The van der Waals surface area contributed by atoms with Crippen molar-refractivity contribution < 1.29 is 4.74 Å². The minimum absolute atomic E-state index is 0.496. The summed E-state index contributed by atoms with van der Waals surface area (Å²) in [6, 6.07) is 17.7. The van der Waals surface area contributed by atoms with E-state index in [0.717, 1.165) is 39.0 Å². The van der Waals surface area contributed by atoms with Crippen molar-refractivity contribution in [1.29, 1.82) is 5.26 Å². The molecule has 33 heavy (non-hydrogen) atoms. The van der Waals surface area contributed by atoms with Crippen LogP contribution in [0, 0.1) is 32.1 Å². The summed E-state index contributed by atoms with van der Waals surface area (Å²) in [5.41, 5.74) is 5.83. The second kappa shape index (κ2) is 8.19. The number of hydrogen-bond donors (Lipinski definition) is 0. The Morgan fingerprint density at radius 1 is 1.00 bits per heavy atom. The molecule has 0 amide bonds. The van der Waals surface area contributed by atoms with Gasteiger partial charge in [-0.25, -0.2) is 5.01 Å². The molecule has 0 radical (unpaired) electrons. The van der Waals surface area contributed by atoms with Crippen molar-refractivity contribution in [1.82, 2.24) is 14.8 Å². The standard InChI is InChI=1S/C25H22N6OS/c1-15-16(2)33-24-22(15)23(20-9-11-21(32-4)12-10-20)29-30(25-28-27-17(3)31(24)25)14-19-7-5-18(13-26)6-8-19/h5-12H,14H2,1-4H3. The highest BCUT2D eigenvalue weighted by Gasteiger charge is 2.30. The van der Waals surface area contributed by atoms with Crippen LogP contribution in [-0.4, -0.2) is 27.6 Å². The third-order valence-electron chi connectivity index (χ3n) is 5.84. The Morgan fingerprint density at radius 3 is 2.39 bits per heavy atom. The summed E-state index contributed by atoms with van der Waals surface area (Å²) in [5, 5.41) is 26.1. The molecule has 0 unspecified atom stereocenters. The topological polar surface area (TPSA) is 79.3 Å². The van der Waals surface area contributed by atoms with E-state index in [2.05, 4.69) is 34.7 Å². The third kappa shape index (κ3) is 3.56. The number of benzene rings is 2. The zero-order valence-electron chi connectivity index (χ0n) is 18.8. The Kier molecular flexibility index (Phi) is 5.19. The molecular formula is C25H22N6OS. The van der Waals surface area contributed by atoms with Crippen molar-refractivity contribution in [2.75, 3.05) is 12.1 Å². The van der Waals surface area contributed by atoms with E-state index in [1.54, 1.807) is 18.4 Å². The Labute approximate surface area is 196 Å². The van der Waals surface area contributed by atoms with Gasteiger partial charge in [-0.15, -0.1) is 21.5 Å². The molecule has 0 bridgehead atoms. The molecule has 0 aliphatic carbocycles. The van der Waals surface area contributed by atoms with Crippen LogP contribution in [0.2, 0.25) is 0 Å². The van der Waals surface area contributed by atoms with Gasteiger partial charge in [0.15, 0.2) is 0 Å². The average molecular weight is 455 g/mol. The van der Waals surface area contributed by atoms with Crippen LogP contribution in [0.1, 0.15) is 38.5 Å². The second-order valence-electron chi connectivity index (χ2n) is 7.89. The summed E-state index contributed by atoms with van der Waals surface area (Å²) in [5.74, 6) is 2.28. The molecule has 5 rings (SSSR count). The zero-order chi connectivity index (χ0) is 23.1. The Morgan fingerprint density at radius 2 is 1.73 bits per heavy atom. The predicted octanol–water partition coefficient (Wildman–Crippen LogP) is 4.91. The van der Waals surface area contributed by atoms with Gasteiger partial charge >= 0.3 is 0 Å². The van der Waals surface area contributed by atoms with Gasteiger partial charge in [0.05, 0.1) is 25.3 Å². The lowest BCUT2D eigenvalue weighted by atomic mass is 10.00. The van der Waals surface area contributed by atoms with Crippen LogP contribution in [0.25, 0.3) is 5.00 Å². The van der Waals surface area contributed by atoms with E-state index in [0.29, 0.717) is 18.1 Å². The van der Waals surface area contributed by atoms with E-state index in [9.17, 15) is 0 Å². The quantitative estimate of drug-likeness (QED) is 0.438. The normalized spacial score (nSPS) is 12.5. The molecule has 7 nitrogen and oxygen atoms in total. The van der Waals surface area contributed by atoms with Crippen molar-refractivity contribution >= 4 is 23.0 Å². The molecule has 1 aliphatic rings. The van der Waals surface area contributed by atoms with Crippen molar-refractivity contribution in [2.24, 2.45) is 5.10 Å². The molecule has 0 saturated carbocycles. The van der Waals surface area contributed by atoms with Gasteiger partial charge in [-0.1, -0.05) is 12.1 Å². The SMILES string of the molecule is COc1ccc(C2=NN(Cc3ccc(C#N)cc3)c3nnc(C)n3-c3sc(C)c(C)c32)cc1. The van der Waals surface area contributed by atoms with E-state index in [-0.39, 0.29) is 0 Å². The molecule has 3 heterocycles. The van der Waals surface area contributed by atoms with Crippen molar-refractivity contribution in [3.8, 4) is 16.8 Å². The Bertz CT molecular complexity index is 1410. The monoisotopic (exact) mass is 454 g/mol. The lowest BCUT2D eigenvalue weighted by Crippen LogP contribution is -2.20. The maximum Gasteiger partial charge on any atom is 0.253 e. The zero-order valence-corrected chi connectivity index (χ0v) is 19.6. The van der Waals surface area contributed by atoms with E-state index in [1.165, 1.54) is 10.4 Å². The number of hydrogen-bond acceptors (Lipinski definition) is 7. The minimum atomic E-state index is 0.496. The van der Waals surface area contributed by atoms with Gasteiger partial charge in [0.25, 0.3) is 5.95 Å². The molecule has 8 heteroatoms. The molecule has 0 fully saturated rings. The lowest BCUT2D eigenvalue weighted by molar-refractivity contribution is 0.415. The highest BCUT2D eigenvalue weighted by molar-refractivity contribution is 7.15. The summed E-state index contributed by atoms with van der Waals surface area (Å²) in [7, 11) is 1.66. The third-order valence-corrected chi connectivity index (χ3v) is 7.04. The molecule has 0 spiro atoms. The fourth-order valence-corrected chi connectivity index (χ4v) is 5.13. The number of hydrazone groups is 1.